The number of fused-ring (bicyclic) bond motifs is 2. The molecule has 28 heavy (non-hydrogen) atoms. The second-order valence-electron chi connectivity index (χ2n) is 5.68. The van der Waals surface area contributed by atoms with Crippen LogP contribution in [0.2, 0.25) is 6.04 Å². The van der Waals surface area contributed by atoms with E-state index in [-0.39, 0.29) is 51.0 Å². The van der Waals surface area contributed by atoms with Crippen LogP contribution in [0.3, 0.4) is 0 Å². The Morgan fingerprint density at radius 3 is 1.29 bits per heavy atom. The van der Waals surface area contributed by atoms with Gasteiger partial charge in [-0.3, -0.25) is 0 Å². The van der Waals surface area contributed by atoms with Gasteiger partial charge in [0.1, 0.15) is 0 Å². The number of halogens is 2. The summed E-state index contributed by atoms with van der Waals surface area (Å²) in [6.45, 7) is 10.3. The number of rotatable bonds is 0. The number of hydrogen-bond donors (Lipinski definition) is 0. The van der Waals surface area contributed by atoms with Crippen molar-refractivity contribution in [1.29, 1.82) is 0 Å². The second-order valence-corrected chi connectivity index (χ2v) is 6.38. The first-order valence-electron chi connectivity index (χ1n) is 9.02. The Balaban J connectivity index is -0.000000335. The smallest absolute Gasteiger partial charge is 1.00 e. The van der Waals surface area contributed by atoms with Gasteiger partial charge in [0.2, 0.25) is 0 Å². The molecule has 0 heterocycles. The Hall–Kier alpha value is -0.660. The van der Waals surface area contributed by atoms with Gasteiger partial charge >= 0.3 is 26.2 Å². The van der Waals surface area contributed by atoms with E-state index < -0.39 is 0 Å². The monoisotopic (exact) mass is 505 g/mol. The Kier molecular flexibility index (Phi) is 21.0. The third kappa shape index (κ3) is 10.8. The SMILES string of the molecule is CC.CC[Si].Cc1cc2ccccc2[cH-]1.Cc1cc2ccccc2[cH-]1.[Cl-].[Cl-].[Zr+4]. The van der Waals surface area contributed by atoms with Crippen LogP contribution in [0, 0.1) is 13.8 Å². The molecule has 0 amide bonds. The number of benzene rings is 2. The molecular formula is C24H29Cl2SiZr. The van der Waals surface area contributed by atoms with E-state index in [9.17, 15) is 0 Å². The fraction of sp³-hybridized carbons (Fsp3) is 0.250. The molecule has 0 saturated carbocycles. The maximum atomic E-state index is 3.18. The van der Waals surface area contributed by atoms with Gasteiger partial charge in [-0.2, -0.15) is 12.1 Å². The molecule has 4 rings (SSSR count). The summed E-state index contributed by atoms with van der Waals surface area (Å²) in [5.74, 6) is 0. The molecule has 0 unspecified atom stereocenters. The maximum Gasteiger partial charge on any atom is 4.00 e. The van der Waals surface area contributed by atoms with Crippen molar-refractivity contribution in [1.82, 2.24) is 0 Å². The van der Waals surface area contributed by atoms with E-state index in [0.29, 0.717) is 0 Å². The number of hydrogen-bond acceptors (Lipinski definition) is 0. The molecule has 0 atom stereocenters. The zero-order valence-electron chi connectivity index (χ0n) is 17.4. The molecule has 4 aromatic carbocycles. The minimum Gasteiger partial charge on any atom is -1.00 e. The third-order valence-electron chi connectivity index (χ3n) is 3.52. The molecule has 0 N–H and O–H groups in total. The van der Waals surface area contributed by atoms with Gasteiger partial charge in [0.15, 0.2) is 0 Å². The van der Waals surface area contributed by atoms with Gasteiger partial charge in [-0.25, -0.2) is 0 Å². The molecule has 0 aliphatic rings. The first-order valence-corrected chi connectivity index (χ1v) is 9.73. The van der Waals surface area contributed by atoms with Crippen LogP contribution in [0.4, 0.5) is 0 Å². The van der Waals surface area contributed by atoms with Crippen molar-refractivity contribution in [3.05, 3.63) is 83.9 Å². The van der Waals surface area contributed by atoms with Crippen molar-refractivity contribution in [2.24, 2.45) is 0 Å². The molecule has 3 radical (unpaired) electrons. The van der Waals surface area contributed by atoms with Crippen LogP contribution < -0.4 is 24.8 Å². The van der Waals surface area contributed by atoms with E-state index in [1.54, 1.807) is 0 Å². The average Bonchev–Trinajstić information content (AvgIpc) is 3.18. The molecule has 0 aliphatic heterocycles. The van der Waals surface area contributed by atoms with Crippen LogP contribution in [0.25, 0.3) is 21.5 Å². The van der Waals surface area contributed by atoms with Crippen molar-refractivity contribution in [3.63, 3.8) is 0 Å². The summed E-state index contributed by atoms with van der Waals surface area (Å²) in [4.78, 5) is 0. The summed E-state index contributed by atoms with van der Waals surface area (Å²) in [7, 11) is 3.18. The molecule has 4 heteroatoms. The molecule has 0 aliphatic carbocycles. The van der Waals surface area contributed by atoms with Crippen molar-refractivity contribution in [2.45, 2.75) is 40.7 Å². The van der Waals surface area contributed by atoms with Crippen LogP contribution in [0.15, 0.2) is 72.8 Å². The predicted molar refractivity (Wildman–Crippen MR) is 116 cm³/mol. The molecule has 0 fully saturated rings. The topological polar surface area (TPSA) is 0 Å². The average molecular weight is 508 g/mol. The summed E-state index contributed by atoms with van der Waals surface area (Å²) in [6, 6.07) is 26.7. The van der Waals surface area contributed by atoms with E-state index in [4.69, 9.17) is 0 Å². The molecule has 0 aromatic heterocycles. The molecule has 0 bridgehead atoms. The fourth-order valence-corrected chi connectivity index (χ4v) is 2.61. The quantitative estimate of drug-likeness (QED) is 0.249. The fourth-order valence-electron chi connectivity index (χ4n) is 2.61. The predicted octanol–water partition coefficient (Wildman–Crippen LogP) is 1.36. The Bertz CT molecular complexity index is 727. The first-order chi connectivity index (χ1) is 12.1. The van der Waals surface area contributed by atoms with Gasteiger partial charge in [0.05, 0.1) is 0 Å². The van der Waals surface area contributed by atoms with E-state index in [2.05, 4.69) is 96.9 Å². The summed E-state index contributed by atoms with van der Waals surface area (Å²) in [5, 5.41) is 5.39. The molecule has 147 valence electrons. The zero-order valence-corrected chi connectivity index (χ0v) is 22.4. The minimum atomic E-state index is 0. The van der Waals surface area contributed by atoms with Gasteiger partial charge in [-0.1, -0.05) is 52.8 Å². The molecular weight excluding hydrogens is 478 g/mol. The van der Waals surface area contributed by atoms with E-state index >= 15 is 0 Å². The Morgan fingerprint density at radius 2 is 1.00 bits per heavy atom. The van der Waals surface area contributed by atoms with Crippen molar-refractivity contribution in [2.75, 3.05) is 0 Å². The van der Waals surface area contributed by atoms with Crippen LogP contribution in [0.1, 0.15) is 31.9 Å². The Morgan fingerprint density at radius 1 is 0.714 bits per heavy atom. The molecule has 0 saturated heterocycles. The maximum absolute atomic E-state index is 3.18. The summed E-state index contributed by atoms with van der Waals surface area (Å²) < 4.78 is 0. The van der Waals surface area contributed by atoms with Gasteiger partial charge in [-0.15, -0.1) is 81.2 Å². The third-order valence-corrected chi connectivity index (χ3v) is 3.52. The normalized spacial score (nSPS) is 8.36. The van der Waals surface area contributed by atoms with Crippen LogP contribution >= 0.6 is 0 Å². The van der Waals surface area contributed by atoms with Crippen molar-refractivity contribution >= 4 is 31.8 Å². The van der Waals surface area contributed by atoms with Gasteiger partial charge in [-0.05, 0) is 0 Å². The van der Waals surface area contributed by atoms with Crippen molar-refractivity contribution in [3.8, 4) is 0 Å². The van der Waals surface area contributed by atoms with Crippen LogP contribution in [-0.2, 0) is 26.2 Å². The van der Waals surface area contributed by atoms with Gasteiger partial charge in [0.25, 0.3) is 0 Å². The largest absolute Gasteiger partial charge is 4.00 e. The van der Waals surface area contributed by atoms with Crippen LogP contribution in [-0.4, -0.2) is 10.2 Å². The van der Waals surface area contributed by atoms with E-state index in [1.165, 1.54) is 32.7 Å². The minimum absolute atomic E-state index is 0. The summed E-state index contributed by atoms with van der Waals surface area (Å²) in [5.41, 5.74) is 2.70. The number of aryl methyl sites for hydroxylation is 2. The van der Waals surface area contributed by atoms with Crippen molar-refractivity contribution < 1.29 is 51.0 Å². The first kappa shape index (κ1) is 32.0. The van der Waals surface area contributed by atoms with Gasteiger partial charge in [0, 0.05) is 10.2 Å². The zero-order chi connectivity index (χ0) is 18.7. The van der Waals surface area contributed by atoms with E-state index in [1.807, 2.05) is 20.8 Å². The summed E-state index contributed by atoms with van der Waals surface area (Å²) >= 11 is 0. The molecule has 0 nitrogen and oxygen atoms in total. The van der Waals surface area contributed by atoms with Crippen LogP contribution in [0.5, 0.6) is 0 Å². The molecule has 4 aromatic rings. The second kappa shape index (κ2) is 18.4. The standard InChI is InChI=1S/2C10H9.C2H5Si.C2H6.2ClH.Zr/c2*1-8-6-9-4-2-3-5-10(9)7-8;1-2-3;1-2;;;/h2*2-7H,1H3;2H2,1H3;1-2H3;2*1H;/q2*-1;;;;;+4/p-2. The Labute approximate surface area is 206 Å². The van der Waals surface area contributed by atoms with Gasteiger partial charge < -0.3 is 24.8 Å². The summed E-state index contributed by atoms with van der Waals surface area (Å²) in [6.07, 6.45) is 0. The molecule has 0 spiro atoms. The van der Waals surface area contributed by atoms with E-state index in [0.717, 1.165) is 6.04 Å².